The molecule has 0 radical (unpaired) electrons. The number of ketones is 1. The number of fused-ring (bicyclic) bond motifs is 4. The summed E-state index contributed by atoms with van der Waals surface area (Å²) < 4.78 is 0. The Kier molecular flexibility index (Phi) is 8.27. The van der Waals surface area contributed by atoms with E-state index in [9.17, 15) is 20.3 Å². The van der Waals surface area contributed by atoms with Crippen molar-refractivity contribution in [1.82, 2.24) is 0 Å². The third-order valence-corrected chi connectivity index (χ3v) is 10.3. The zero-order valence-corrected chi connectivity index (χ0v) is 28.6. The molecular weight excluding hydrogens is 620 g/mol. The number of rotatable bonds is 9. The fourth-order valence-electron chi connectivity index (χ4n) is 7.83. The lowest BCUT2D eigenvalue weighted by molar-refractivity contribution is -0.115. The lowest BCUT2D eigenvalue weighted by Crippen LogP contribution is -2.30. The van der Waals surface area contributed by atoms with Crippen LogP contribution in [0.5, 0.6) is 11.5 Å². The quantitative estimate of drug-likeness (QED) is 0.0811. The fraction of sp³-hybridized carbons (Fsp3) is 0.209. The van der Waals surface area contributed by atoms with Gasteiger partial charge in [0.1, 0.15) is 23.1 Å². The summed E-state index contributed by atoms with van der Waals surface area (Å²) in [4.78, 5) is 19.1. The van der Waals surface area contributed by atoms with Crippen LogP contribution in [-0.4, -0.2) is 48.0 Å². The van der Waals surface area contributed by atoms with Gasteiger partial charge in [0, 0.05) is 82.7 Å². The van der Waals surface area contributed by atoms with Gasteiger partial charge in [0.15, 0.2) is 5.78 Å². The molecule has 3 N–H and O–H groups in total. The summed E-state index contributed by atoms with van der Waals surface area (Å²) in [6, 6.07) is 29.6. The van der Waals surface area contributed by atoms with Gasteiger partial charge in [-0.05, 0) is 90.1 Å². The number of Topliss-reactive ketones (excluding diaryl/α,β-unsaturated/α-hetero) is 1. The minimum Gasteiger partial charge on any atom is -0.508 e. The number of allylic oxidation sites excluding steroid dienone is 3. The Bertz CT molecular complexity index is 2510. The van der Waals surface area contributed by atoms with Crippen LogP contribution in [0.4, 0.5) is 11.4 Å². The van der Waals surface area contributed by atoms with Crippen LogP contribution in [0.15, 0.2) is 96.1 Å². The predicted molar refractivity (Wildman–Crippen MR) is 205 cm³/mol. The van der Waals surface area contributed by atoms with Gasteiger partial charge in [-0.25, -0.2) is 0 Å². The van der Waals surface area contributed by atoms with Gasteiger partial charge in [0.2, 0.25) is 0 Å². The van der Waals surface area contributed by atoms with Gasteiger partial charge in [-0.2, -0.15) is 5.26 Å². The maximum absolute atomic E-state index is 14.8. The molecule has 7 rings (SSSR count). The number of hydrogen-bond acceptors (Lipinski definition) is 7. The maximum atomic E-state index is 14.8. The summed E-state index contributed by atoms with van der Waals surface area (Å²) in [6.07, 6.45) is 0. The van der Waals surface area contributed by atoms with E-state index >= 15 is 0 Å². The van der Waals surface area contributed by atoms with Crippen molar-refractivity contribution in [2.45, 2.75) is 33.6 Å². The van der Waals surface area contributed by atoms with Crippen molar-refractivity contribution in [2.75, 3.05) is 36.0 Å². The highest BCUT2D eigenvalue weighted by molar-refractivity contribution is 6.38. The van der Waals surface area contributed by atoms with E-state index in [-0.39, 0.29) is 34.0 Å². The molecule has 0 spiro atoms. The van der Waals surface area contributed by atoms with Crippen molar-refractivity contribution in [3.63, 3.8) is 0 Å². The summed E-state index contributed by atoms with van der Waals surface area (Å²) in [5.74, 6) is 0.729. The van der Waals surface area contributed by atoms with Gasteiger partial charge >= 0.3 is 0 Å². The van der Waals surface area contributed by atoms with Crippen LogP contribution in [0, 0.1) is 16.7 Å². The summed E-state index contributed by atoms with van der Waals surface area (Å²) >= 11 is 0. The molecule has 7 nitrogen and oxygen atoms in total. The van der Waals surface area contributed by atoms with Crippen molar-refractivity contribution in [3.8, 4) is 17.6 Å². The molecule has 1 atom stereocenters. The van der Waals surface area contributed by atoms with E-state index in [0.29, 0.717) is 48.1 Å². The Labute approximate surface area is 291 Å². The Morgan fingerprint density at radius 1 is 0.700 bits per heavy atom. The summed E-state index contributed by atoms with van der Waals surface area (Å²) in [5, 5.41) is 49.2. The van der Waals surface area contributed by atoms with Crippen LogP contribution in [0.2, 0.25) is 0 Å². The highest BCUT2D eigenvalue weighted by Gasteiger charge is 2.46. The number of nitrogens with zero attached hydrogens (tertiary/aromatic N) is 3. The molecule has 1 aliphatic carbocycles. The third-order valence-electron chi connectivity index (χ3n) is 10.3. The monoisotopic (exact) mass is 658 g/mol. The van der Waals surface area contributed by atoms with Crippen molar-refractivity contribution < 1.29 is 15.0 Å². The van der Waals surface area contributed by atoms with E-state index in [0.717, 1.165) is 43.7 Å². The second-order valence-corrected chi connectivity index (χ2v) is 12.7. The van der Waals surface area contributed by atoms with Gasteiger partial charge < -0.3 is 20.0 Å². The van der Waals surface area contributed by atoms with Crippen LogP contribution in [0.25, 0.3) is 48.7 Å². The maximum Gasteiger partial charge on any atom is 0.176 e. The average molecular weight is 659 g/mol. The standard InChI is InChI=1S/C43H38N4O3/c1-5-46(6-2)34-21-36(48)39(32-19-27-15-11-9-13-25(27)17-30(32)34)41-38(29(23-44)24-45)42(43(41)50)40-33-20-28-16-12-10-14-26(28)18-31(33)35(22-37(40)49)47(7-3)8-4/h9-22,41,44,48-49H,5-8H2,1-4H3. The number of carbonyl (C=O) groups excluding carboxylic acids is 1. The Hall–Kier alpha value is -6.09. The third kappa shape index (κ3) is 4.88. The van der Waals surface area contributed by atoms with E-state index < -0.39 is 5.92 Å². The van der Waals surface area contributed by atoms with Crippen molar-refractivity contribution in [3.05, 3.63) is 107 Å². The minimum atomic E-state index is -1.05. The zero-order valence-electron chi connectivity index (χ0n) is 28.6. The van der Waals surface area contributed by atoms with Crippen LogP contribution in [0.3, 0.4) is 0 Å². The van der Waals surface area contributed by atoms with Crippen LogP contribution in [0.1, 0.15) is 44.7 Å². The number of carbonyl (C=O) groups is 1. The summed E-state index contributed by atoms with van der Waals surface area (Å²) in [6.45, 7) is 11.1. The normalized spacial score (nSPS) is 14.2. The lowest BCUT2D eigenvalue weighted by Gasteiger charge is -2.35. The van der Waals surface area contributed by atoms with Crippen molar-refractivity contribution in [2.24, 2.45) is 0 Å². The largest absolute Gasteiger partial charge is 0.508 e. The zero-order chi connectivity index (χ0) is 35.3. The molecule has 50 heavy (non-hydrogen) atoms. The second kappa shape index (κ2) is 12.7. The minimum absolute atomic E-state index is 0.0659. The molecule has 6 aromatic carbocycles. The van der Waals surface area contributed by atoms with Crippen LogP contribution < -0.4 is 9.80 Å². The number of benzene rings is 6. The van der Waals surface area contributed by atoms with E-state index in [1.54, 1.807) is 12.1 Å². The first-order valence-electron chi connectivity index (χ1n) is 17.2. The first-order valence-corrected chi connectivity index (χ1v) is 17.2. The molecule has 0 aliphatic heterocycles. The Balaban J connectivity index is 1.58. The average Bonchev–Trinajstić information content (AvgIpc) is 3.13. The van der Waals surface area contributed by atoms with Crippen LogP contribution >= 0.6 is 0 Å². The molecule has 0 amide bonds. The number of nitrogens with one attached hydrogen (secondary N) is 1. The molecule has 6 aromatic rings. The first-order chi connectivity index (χ1) is 24.3. The van der Waals surface area contributed by atoms with E-state index in [4.69, 9.17) is 5.41 Å². The highest BCUT2D eigenvalue weighted by atomic mass is 16.3. The van der Waals surface area contributed by atoms with E-state index in [1.165, 1.54) is 0 Å². The number of phenolic OH excluding ortho intramolecular Hbond substituents is 2. The van der Waals surface area contributed by atoms with Gasteiger partial charge in [0.25, 0.3) is 0 Å². The summed E-state index contributed by atoms with van der Waals surface area (Å²) in [7, 11) is 0. The number of anilines is 2. The molecule has 0 saturated heterocycles. The summed E-state index contributed by atoms with van der Waals surface area (Å²) in [5.41, 5.74) is 2.70. The van der Waals surface area contributed by atoms with Gasteiger partial charge in [-0.15, -0.1) is 0 Å². The number of phenols is 2. The highest BCUT2D eigenvalue weighted by Crippen LogP contribution is 2.55. The Morgan fingerprint density at radius 2 is 1.14 bits per heavy atom. The molecule has 0 saturated carbocycles. The van der Waals surface area contributed by atoms with Gasteiger partial charge in [-0.3, -0.25) is 10.2 Å². The van der Waals surface area contributed by atoms with Crippen LogP contribution in [-0.2, 0) is 4.79 Å². The smallest absolute Gasteiger partial charge is 0.176 e. The van der Waals surface area contributed by atoms with Gasteiger partial charge in [-0.1, -0.05) is 48.5 Å². The first kappa shape index (κ1) is 32.5. The number of aromatic hydroxyl groups is 2. The predicted octanol–water partition coefficient (Wildman–Crippen LogP) is 9.22. The lowest BCUT2D eigenvalue weighted by atomic mass is 9.65. The molecule has 1 unspecified atom stereocenters. The van der Waals surface area contributed by atoms with E-state index in [2.05, 4.69) is 61.6 Å². The number of hydrogen-bond donors (Lipinski definition) is 3. The van der Waals surface area contributed by atoms with E-state index in [1.807, 2.05) is 60.7 Å². The molecule has 0 heterocycles. The fourth-order valence-corrected chi connectivity index (χ4v) is 7.83. The SMILES string of the molecule is CCN(CC)c1cc(O)c(C2=C(C(=C=N)C#N)C(c3c(O)cc(N(CC)CC)c4cc5ccccc5cc34)C2=O)c2cc3ccccc3cc12. The molecule has 0 fully saturated rings. The molecule has 7 heteroatoms. The molecular formula is C43H38N4O3. The van der Waals surface area contributed by atoms with Gasteiger partial charge in [0.05, 0.1) is 5.92 Å². The van der Waals surface area contributed by atoms with Crippen molar-refractivity contribution >= 4 is 71.7 Å². The molecule has 0 aromatic heterocycles. The topological polar surface area (TPSA) is 112 Å². The Morgan fingerprint density at radius 3 is 1.60 bits per heavy atom. The molecule has 0 bridgehead atoms. The van der Waals surface area contributed by atoms with Crippen molar-refractivity contribution in [1.29, 1.82) is 10.7 Å². The number of nitriles is 1. The molecule has 1 aliphatic rings. The second-order valence-electron chi connectivity index (χ2n) is 12.7. The molecule has 248 valence electrons.